The van der Waals surface area contributed by atoms with E-state index in [0.717, 1.165) is 25.2 Å². The summed E-state index contributed by atoms with van der Waals surface area (Å²) in [5.74, 6) is 1.44. The molecule has 1 fully saturated rings. The van der Waals surface area contributed by atoms with Crippen molar-refractivity contribution in [2.45, 2.75) is 19.3 Å². The first-order chi connectivity index (χ1) is 9.83. The molecule has 102 valence electrons. The zero-order valence-electron chi connectivity index (χ0n) is 11.7. The molecule has 0 spiro atoms. The van der Waals surface area contributed by atoms with Gasteiger partial charge in [-0.05, 0) is 41.7 Å². The van der Waals surface area contributed by atoms with Crippen molar-refractivity contribution < 1.29 is 4.74 Å². The van der Waals surface area contributed by atoms with Crippen LogP contribution in [0.25, 0.3) is 16.8 Å². The van der Waals surface area contributed by atoms with Crippen molar-refractivity contribution in [1.29, 1.82) is 0 Å². The van der Waals surface area contributed by atoms with Crippen LogP contribution in [0.3, 0.4) is 0 Å². The zero-order valence-corrected chi connectivity index (χ0v) is 11.7. The van der Waals surface area contributed by atoms with Gasteiger partial charge in [0.2, 0.25) is 0 Å². The van der Waals surface area contributed by atoms with Crippen molar-refractivity contribution in [3.05, 3.63) is 66.4 Å². The highest BCUT2D eigenvalue weighted by molar-refractivity contribution is 5.84. The van der Waals surface area contributed by atoms with Crippen LogP contribution in [-0.2, 0) is 4.74 Å². The Morgan fingerprint density at radius 2 is 2.00 bits per heavy atom. The lowest BCUT2D eigenvalue weighted by atomic mass is 9.95. The molecule has 0 aliphatic carbocycles. The van der Waals surface area contributed by atoms with Crippen LogP contribution in [0.15, 0.2) is 60.9 Å². The molecule has 0 amide bonds. The molecule has 1 heterocycles. The Labute approximate surface area is 120 Å². The van der Waals surface area contributed by atoms with Gasteiger partial charge in [-0.2, -0.15) is 0 Å². The summed E-state index contributed by atoms with van der Waals surface area (Å²) in [6.45, 7) is 4.84. The van der Waals surface area contributed by atoms with Crippen LogP contribution in [0.4, 0.5) is 0 Å². The topological polar surface area (TPSA) is 9.23 Å². The second-order valence-electron chi connectivity index (χ2n) is 5.40. The molecule has 1 aliphatic heterocycles. The summed E-state index contributed by atoms with van der Waals surface area (Å²) in [4.78, 5) is 0. The standard InChI is InChI=1S/C19H20O/c1-15-17(10-5-13-20-15)9-4-6-16-11-12-18-7-2-3-8-19(18)14-16/h2-4,6-8,11-12,14,17H,1,5,9-10,13H2/b6-4+. The molecule has 3 rings (SSSR count). The Hall–Kier alpha value is -2.02. The molecular weight excluding hydrogens is 244 g/mol. The van der Waals surface area contributed by atoms with Crippen LogP contribution in [0.2, 0.25) is 0 Å². The fourth-order valence-corrected chi connectivity index (χ4v) is 2.74. The Morgan fingerprint density at radius 3 is 2.85 bits per heavy atom. The number of fused-ring (bicyclic) bond motifs is 1. The minimum Gasteiger partial charge on any atom is -0.498 e. The van der Waals surface area contributed by atoms with Gasteiger partial charge >= 0.3 is 0 Å². The van der Waals surface area contributed by atoms with Crippen molar-refractivity contribution in [2.24, 2.45) is 5.92 Å². The first kappa shape index (κ1) is 13.0. The Balaban J connectivity index is 1.69. The molecule has 0 bridgehead atoms. The lowest BCUT2D eigenvalue weighted by molar-refractivity contribution is 0.130. The van der Waals surface area contributed by atoms with E-state index in [9.17, 15) is 0 Å². The minimum absolute atomic E-state index is 0.487. The molecule has 20 heavy (non-hydrogen) atoms. The van der Waals surface area contributed by atoms with Gasteiger partial charge in [-0.25, -0.2) is 0 Å². The maximum atomic E-state index is 5.52. The molecule has 1 saturated heterocycles. The SMILES string of the molecule is C=C1OCCCC1C/C=C/c1ccc2ccccc2c1. The summed E-state index contributed by atoms with van der Waals surface area (Å²) in [6.07, 6.45) is 7.81. The van der Waals surface area contributed by atoms with Gasteiger partial charge in [0.25, 0.3) is 0 Å². The highest BCUT2D eigenvalue weighted by Crippen LogP contribution is 2.26. The van der Waals surface area contributed by atoms with Gasteiger partial charge in [0.1, 0.15) is 0 Å². The summed E-state index contributed by atoms with van der Waals surface area (Å²) in [6, 6.07) is 15.0. The van der Waals surface area contributed by atoms with E-state index in [4.69, 9.17) is 4.74 Å². The molecule has 1 heteroatoms. The van der Waals surface area contributed by atoms with E-state index in [2.05, 4.69) is 61.2 Å². The normalized spacial score (nSPS) is 19.4. The van der Waals surface area contributed by atoms with E-state index in [1.807, 2.05) is 0 Å². The highest BCUT2D eigenvalue weighted by atomic mass is 16.5. The van der Waals surface area contributed by atoms with Gasteiger partial charge in [0.05, 0.1) is 12.4 Å². The molecule has 0 N–H and O–H groups in total. The average molecular weight is 264 g/mol. The minimum atomic E-state index is 0.487. The molecular formula is C19H20O. The summed E-state index contributed by atoms with van der Waals surface area (Å²) in [5, 5.41) is 2.58. The first-order valence-electron chi connectivity index (χ1n) is 7.30. The Kier molecular flexibility index (Phi) is 3.87. The summed E-state index contributed by atoms with van der Waals surface area (Å²) >= 11 is 0. The van der Waals surface area contributed by atoms with Gasteiger partial charge in [-0.1, -0.05) is 55.1 Å². The molecule has 0 saturated carbocycles. The van der Waals surface area contributed by atoms with E-state index < -0.39 is 0 Å². The summed E-state index contributed by atoms with van der Waals surface area (Å²) in [5.41, 5.74) is 1.26. The molecule has 1 atom stereocenters. The van der Waals surface area contributed by atoms with Crippen molar-refractivity contribution in [2.75, 3.05) is 6.61 Å². The quantitative estimate of drug-likeness (QED) is 0.742. The van der Waals surface area contributed by atoms with Crippen LogP contribution in [0, 0.1) is 5.92 Å². The fourth-order valence-electron chi connectivity index (χ4n) is 2.74. The van der Waals surface area contributed by atoms with E-state index in [-0.39, 0.29) is 0 Å². The second kappa shape index (κ2) is 5.96. The van der Waals surface area contributed by atoms with Crippen LogP contribution < -0.4 is 0 Å². The second-order valence-corrected chi connectivity index (χ2v) is 5.40. The third-order valence-electron chi connectivity index (χ3n) is 3.94. The van der Waals surface area contributed by atoms with Gasteiger partial charge in [-0.15, -0.1) is 0 Å². The third kappa shape index (κ3) is 2.93. The van der Waals surface area contributed by atoms with Gasteiger partial charge in [-0.3, -0.25) is 0 Å². The predicted molar refractivity (Wildman–Crippen MR) is 85.4 cm³/mol. The van der Waals surface area contributed by atoms with Crippen molar-refractivity contribution in [3.63, 3.8) is 0 Å². The molecule has 2 aromatic rings. The van der Waals surface area contributed by atoms with Gasteiger partial charge in [0, 0.05) is 5.92 Å². The maximum Gasteiger partial charge on any atom is 0.0922 e. The third-order valence-corrected chi connectivity index (χ3v) is 3.94. The molecule has 1 aliphatic rings. The largest absolute Gasteiger partial charge is 0.498 e. The Morgan fingerprint density at radius 1 is 1.15 bits per heavy atom. The van der Waals surface area contributed by atoms with E-state index in [1.54, 1.807) is 0 Å². The van der Waals surface area contributed by atoms with Crippen LogP contribution in [0.1, 0.15) is 24.8 Å². The molecule has 2 aromatic carbocycles. The van der Waals surface area contributed by atoms with E-state index in [1.165, 1.54) is 22.8 Å². The van der Waals surface area contributed by atoms with Gasteiger partial charge < -0.3 is 4.74 Å². The molecule has 0 aromatic heterocycles. The highest BCUT2D eigenvalue weighted by Gasteiger charge is 2.16. The predicted octanol–water partition coefficient (Wildman–Crippen LogP) is 5.18. The molecule has 1 unspecified atom stereocenters. The lowest BCUT2D eigenvalue weighted by Crippen LogP contribution is -2.13. The van der Waals surface area contributed by atoms with Crippen molar-refractivity contribution in [1.82, 2.24) is 0 Å². The van der Waals surface area contributed by atoms with Crippen molar-refractivity contribution >= 4 is 16.8 Å². The maximum absolute atomic E-state index is 5.52. The smallest absolute Gasteiger partial charge is 0.0922 e. The van der Waals surface area contributed by atoms with Gasteiger partial charge in [0.15, 0.2) is 0 Å². The first-order valence-corrected chi connectivity index (χ1v) is 7.30. The van der Waals surface area contributed by atoms with Crippen molar-refractivity contribution in [3.8, 4) is 0 Å². The number of allylic oxidation sites excluding steroid dienone is 2. The zero-order chi connectivity index (χ0) is 13.8. The Bertz CT molecular complexity index is 639. The number of benzene rings is 2. The lowest BCUT2D eigenvalue weighted by Gasteiger charge is -2.23. The molecule has 0 radical (unpaired) electrons. The number of rotatable bonds is 3. The van der Waals surface area contributed by atoms with Crippen LogP contribution in [-0.4, -0.2) is 6.61 Å². The fraction of sp³-hybridized carbons (Fsp3) is 0.263. The van der Waals surface area contributed by atoms with Crippen LogP contribution in [0.5, 0.6) is 0 Å². The van der Waals surface area contributed by atoms with Crippen LogP contribution >= 0.6 is 0 Å². The summed E-state index contributed by atoms with van der Waals surface area (Å²) < 4.78 is 5.52. The monoisotopic (exact) mass is 264 g/mol. The molecule has 1 nitrogen and oxygen atoms in total. The van der Waals surface area contributed by atoms with E-state index >= 15 is 0 Å². The number of hydrogen-bond donors (Lipinski definition) is 0. The number of ether oxygens (including phenoxy) is 1. The average Bonchev–Trinajstić information content (AvgIpc) is 2.49. The van der Waals surface area contributed by atoms with E-state index in [0.29, 0.717) is 5.92 Å². The number of hydrogen-bond acceptors (Lipinski definition) is 1. The summed E-state index contributed by atoms with van der Waals surface area (Å²) in [7, 11) is 0.